The van der Waals surface area contributed by atoms with Gasteiger partial charge < -0.3 is 10.3 Å². The molecule has 3 nitrogen and oxygen atoms in total. The summed E-state index contributed by atoms with van der Waals surface area (Å²) in [4.78, 5) is 12.2. The largest absolute Gasteiger partial charge is 0.397 e. The molecule has 0 bridgehead atoms. The van der Waals surface area contributed by atoms with E-state index in [9.17, 15) is 9.18 Å². The van der Waals surface area contributed by atoms with Gasteiger partial charge >= 0.3 is 0 Å². The molecule has 0 amide bonds. The van der Waals surface area contributed by atoms with Gasteiger partial charge in [-0.1, -0.05) is 12.1 Å². The van der Waals surface area contributed by atoms with Crippen LogP contribution in [0.25, 0.3) is 0 Å². The Bertz CT molecular complexity index is 587. The van der Waals surface area contributed by atoms with E-state index >= 15 is 0 Å². The molecule has 2 rings (SSSR count). The van der Waals surface area contributed by atoms with Crippen molar-refractivity contribution in [3.05, 3.63) is 53.1 Å². The average Bonchev–Trinajstić information content (AvgIpc) is 2.52. The van der Waals surface area contributed by atoms with E-state index in [0.29, 0.717) is 16.9 Å². The minimum atomic E-state index is -0.430. The molecule has 0 spiro atoms. The summed E-state index contributed by atoms with van der Waals surface area (Å²) in [5.41, 5.74) is 7.79. The second-order valence-electron chi connectivity index (χ2n) is 3.99. The predicted molar refractivity (Wildman–Crippen MR) is 64.4 cm³/mol. The standard InChI is InChI=1S/C13H13FN2O/c1-8-6-11(15)12(16(8)2)13(17)9-4-3-5-10(14)7-9/h3-7H,15H2,1-2H3. The molecule has 0 saturated heterocycles. The van der Waals surface area contributed by atoms with E-state index in [0.717, 1.165) is 5.69 Å². The molecule has 0 radical (unpaired) electrons. The van der Waals surface area contributed by atoms with Crippen molar-refractivity contribution in [1.29, 1.82) is 0 Å². The lowest BCUT2D eigenvalue weighted by atomic mass is 10.1. The Labute approximate surface area is 98.7 Å². The first-order valence-corrected chi connectivity index (χ1v) is 5.22. The number of halogens is 1. The average molecular weight is 232 g/mol. The maximum Gasteiger partial charge on any atom is 0.211 e. The van der Waals surface area contributed by atoms with Crippen LogP contribution in [0.5, 0.6) is 0 Å². The van der Waals surface area contributed by atoms with E-state index < -0.39 is 5.82 Å². The molecule has 1 aromatic heterocycles. The number of ketones is 1. The first kappa shape index (κ1) is 11.4. The summed E-state index contributed by atoms with van der Waals surface area (Å²) >= 11 is 0. The van der Waals surface area contributed by atoms with Crippen LogP contribution in [-0.4, -0.2) is 10.4 Å². The minimum Gasteiger partial charge on any atom is -0.397 e. The van der Waals surface area contributed by atoms with Crippen LogP contribution in [0.15, 0.2) is 30.3 Å². The Morgan fingerprint density at radius 2 is 2.06 bits per heavy atom. The normalized spacial score (nSPS) is 10.5. The summed E-state index contributed by atoms with van der Waals surface area (Å²) in [6, 6.07) is 7.33. The molecule has 17 heavy (non-hydrogen) atoms. The highest BCUT2D eigenvalue weighted by Gasteiger charge is 2.17. The zero-order valence-electron chi connectivity index (χ0n) is 9.70. The zero-order valence-corrected chi connectivity index (χ0v) is 9.70. The lowest BCUT2D eigenvalue weighted by Crippen LogP contribution is -2.10. The number of rotatable bonds is 2. The van der Waals surface area contributed by atoms with Crippen LogP contribution in [0.3, 0.4) is 0 Å². The van der Waals surface area contributed by atoms with Gasteiger partial charge in [0.2, 0.25) is 5.78 Å². The maximum atomic E-state index is 13.1. The Balaban J connectivity index is 2.51. The SMILES string of the molecule is Cc1cc(N)c(C(=O)c2cccc(F)c2)n1C. The van der Waals surface area contributed by atoms with E-state index in [4.69, 9.17) is 5.73 Å². The van der Waals surface area contributed by atoms with Crippen molar-refractivity contribution in [3.63, 3.8) is 0 Å². The van der Waals surface area contributed by atoms with Gasteiger partial charge in [0, 0.05) is 18.3 Å². The van der Waals surface area contributed by atoms with E-state index in [1.807, 2.05) is 6.92 Å². The van der Waals surface area contributed by atoms with E-state index in [-0.39, 0.29) is 5.78 Å². The Kier molecular flexibility index (Phi) is 2.71. The number of hydrogen-bond acceptors (Lipinski definition) is 2. The number of nitrogens with two attached hydrogens (primary N) is 1. The molecule has 2 N–H and O–H groups in total. The number of benzene rings is 1. The van der Waals surface area contributed by atoms with Crippen LogP contribution in [0.4, 0.5) is 10.1 Å². The van der Waals surface area contributed by atoms with Crippen molar-refractivity contribution >= 4 is 11.5 Å². The molecule has 0 aliphatic rings. The number of aryl methyl sites for hydroxylation is 1. The maximum absolute atomic E-state index is 13.1. The smallest absolute Gasteiger partial charge is 0.211 e. The van der Waals surface area contributed by atoms with Crippen LogP contribution in [0.2, 0.25) is 0 Å². The molecule has 0 aliphatic heterocycles. The molecule has 0 saturated carbocycles. The number of anilines is 1. The fraction of sp³-hybridized carbons (Fsp3) is 0.154. The summed E-state index contributed by atoms with van der Waals surface area (Å²) in [7, 11) is 1.76. The predicted octanol–water partition coefficient (Wildman–Crippen LogP) is 2.29. The zero-order chi connectivity index (χ0) is 12.6. The number of carbonyl (C=O) groups excluding carboxylic acids is 1. The van der Waals surface area contributed by atoms with Gasteiger partial charge in [0.1, 0.15) is 11.5 Å². The summed E-state index contributed by atoms with van der Waals surface area (Å²) in [5, 5.41) is 0. The first-order chi connectivity index (χ1) is 8.00. The molecular formula is C13H13FN2O. The lowest BCUT2D eigenvalue weighted by Gasteiger charge is -2.05. The van der Waals surface area contributed by atoms with Crippen LogP contribution >= 0.6 is 0 Å². The molecule has 4 heteroatoms. The Morgan fingerprint density at radius 1 is 1.35 bits per heavy atom. The molecule has 88 valence electrons. The molecule has 2 aromatic rings. The van der Waals surface area contributed by atoms with Gasteiger partial charge in [-0.3, -0.25) is 4.79 Å². The number of carbonyl (C=O) groups is 1. The van der Waals surface area contributed by atoms with Crippen molar-refractivity contribution < 1.29 is 9.18 Å². The quantitative estimate of drug-likeness (QED) is 0.807. The summed E-state index contributed by atoms with van der Waals surface area (Å²) in [5.74, 6) is -0.696. The van der Waals surface area contributed by atoms with Crippen LogP contribution in [0.1, 0.15) is 21.7 Å². The molecule has 1 heterocycles. The third-order valence-electron chi connectivity index (χ3n) is 2.80. The number of hydrogen-bond donors (Lipinski definition) is 1. The summed E-state index contributed by atoms with van der Waals surface area (Å²) in [6.07, 6.45) is 0. The van der Waals surface area contributed by atoms with Crippen molar-refractivity contribution in [3.8, 4) is 0 Å². The van der Waals surface area contributed by atoms with Gasteiger partial charge in [0.05, 0.1) is 5.69 Å². The molecule has 0 unspecified atom stereocenters. The minimum absolute atomic E-state index is 0.266. The Morgan fingerprint density at radius 3 is 2.59 bits per heavy atom. The topological polar surface area (TPSA) is 48.0 Å². The molecular weight excluding hydrogens is 219 g/mol. The summed E-state index contributed by atoms with van der Waals surface area (Å²) < 4.78 is 14.8. The lowest BCUT2D eigenvalue weighted by molar-refractivity contribution is 0.103. The van der Waals surface area contributed by atoms with Crippen molar-refractivity contribution in [2.75, 3.05) is 5.73 Å². The second-order valence-corrected chi connectivity index (χ2v) is 3.99. The molecule has 0 aliphatic carbocycles. The second kappa shape index (κ2) is 4.05. The van der Waals surface area contributed by atoms with Crippen molar-refractivity contribution in [2.45, 2.75) is 6.92 Å². The third-order valence-corrected chi connectivity index (χ3v) is 2.80. The van der Waals surface area contributed by atoms with Gasteiger partial charge in [-0.05, 0) is 25.1 Å². The van der Waals surface area contributed by atoms with Gasteiger partial charge in [-0.2, -0.15) is 0 Å². The highest BCUT2D eigenvalue weighted by molar-refractivity contribution is 6.11. The van der Waals surface area contributed by atoms with Crippen molar-refractivity contribution in [1.82, 2.24) is 4.57 Å². The molecule has 0 atom stereocenters. The van der Waals surface area contributed by atoms with Crippen LogP contribution < -0.4 is 5.73 Å². The van der Waals surface area contributed by atoms with Crippen LogP contribution in [-0.2, 0) is 7.05 Å². The number of aromatic nitrogens is 1. The fourth-order valence-corrected chi connectivity index (χ4v) is 1.81. The summed E-state index contributed by atoms with van der Waals surface area (Å²) in [6.45, 7) is 1.86. The number of nitrogen functional groups attached to an aromatic ring is 1. The van der Waals surface area contributed by atoms with E-state index in [1.54, 1.807) is 23.7 Å². The van der Waals surface area contributed by atoms with Crippen LogP contribution in [0, 0.1) is 12.7 Å². The van der Waals surface area contributed by atoms with E-state index in [2.05, 4.69) is 0 Å². The van der Waals surface area contributed by atoms with Gasteiger partial charge in [-0.15, -0.1) is 0 Å². The van der Waals surface area contributed by atoms with E-state index in [1.165, 1.54) is 18.2 Å². The third kappa shape index (κ3) is 1.93. The molecule has 1 aromatic carbocycles. The van der Waals surface area contributed by atoms with Crippen molar-refractivity contribution in [2.24, 2.45) is 7.05 Å². The highest BCUT2D eigenvalue weighted by Crippen LogP contribution is 2.20. The highest BCUT2D eigenvalue weighted by atomic mass is 19.1. The molecule has 0 fully saturated rings. The number of nitrogens with zero attached hydrogens (tertiary/aromatic N) is 1. The first-order valence-electron chi connectivity index (χ1n) is 5.22. The van der Waals surface area contributed by atoms with Gasteiger partial charge in [0.15, 0.2) is 0 Å². The van der Waals surface area contributed by atoms with Gasteiger partial charge in [-0.25, -0.2) is 4.39 Å². The fourth-order valence-electron chi connectivity index (χ4n) is 1.81. The monoisotopic (exact) mass is 232 g/mol. The Hall–Kier alpha value is -2.10. The van der Waals surface area contributed by atoms with Gasteiger partial charge in [0.25, 0.3) is 0 Å².